The summed E-state index contributed by atoms with van der Waals surface area (Å²) in [4.78, 5) is 16.0. The second kappa shape index (κ2) is 6.88. The summed E-state index contributed by atoms with van der Waals surface area (Å²) in [6.07, 6.45) is 3.46. The van der Waals surface area contributed by atoms with Crippen molar-refractivity contribution in [2.24, 2.45) is 0 Å². The predicted octanol–water partition coefficient (Wildman–Crippen LogP) is 2.95. The van der Waals surface area contributed by atoms with Gasteiger partial charge in [0.05, 0.1) is 6.04 Å². The van der Waals surface area contributed by atoms with Crippen LogP contribution in [0.15, 0.2) is 42.7 Å². The third kappa shape index (κ3) is 4.05. The number of para-hydroxylation sites is 1. The SMILES string of the molecule is Cc1cccc(C)c1OCC(=O)NC(C)c1cccnc1. The number of hydrogen-bond donors (Lipinski definition) is 1. The molecule has 0 radical (unpaired) electrons. The van der Waals surface area contributed by atoms with Crippen molar-refractivity contribution in [3.63, 3.8) is 0 Å². The van der Waals surface area contributed by atoms with Crippen LogP contribution < -0.4 is 10.1 Å². The maximum absolute atomic E-state index is 12.0. The average Bonchev–Trinajstić information content (AvgIpc) is 2.47. The molecule has 0 spiro atoms. The van der Waals surface area contributed by atoms with Crippen LogP contribution in [0, 0.1) is 13.8 Å². The fourth-order valence-corrected chi connectivity index (χ4v) is 2.16. The first-order valence-electron chi connectivity index (χ1n) is 6.96. The Kier molecular flexibility index (Phi) is 4.93. The third-order valence-corrected chi connectivity index (χ3v) is 3.32. The summed E-state index contributed by atoms with van der Waals surface area (Å²) in [6, 6.07) is 9.61. The number of amides is 1. The third-order valence-electron chi connectivity index (χ3n) is 3.32. The maximum atomic E-state index is 12.0. The van der Waals surface area contributed by atoms with Crippen molar-refractivity contribution in [1.29, 1.82) is 0 Å². The van der Waals surface area contributed by atoms with Crippen molar-refractivity contribution in [1.82, 2.24) is 10.3 Å². The van der Waals surface area contributed by atoms with Crippen LogP contribution in [-0.4, -0.2) is 17.5 Å². The highest BCUT2D eigenvalue weighted by molar-refractivity contribution is 5.78. The zero-order valence-electron chi connectivity index (χ0n) is 12.6. The Labute approximate surface area is 125 Å². The van der Waals surface area contributed by atoms with Gasteiger partial charge in [0.25, 0.3) is 5.91 Å². The van der Waals surface area contributed by atoms with E-state index in [2.05, 4.69) is 10.3 Å². The van der Waals surface area contributed by atoms with Crippen LogP contribution in [0.5, 0.6) is 5.75 Å². The molecule has 1 aromatic heterocycles. The van der Waals surface area contributed by atoms with Crippen molar-refractivity contribution in [2.75, 3.05) is 6.61 Å². The van der Waals surface area contributed by atoms with Gasteiger partial charge in [-0.15, -0.1) is 0 Å². The molecule has 1 N–H and O–H groups in total. The molecular weight excluding hydrogens is 264 g/mol. The summed E-state index contributed by atoms with van der Waals surface area (Å²) in [7, 11) is 0. The molecule has 1 atom stereocenters. The standard InChI is InChI=1S/C17H20N2O2/c1-12-6-4-7-13(2)17(12)21-11-16(20)19-14(3)15-8-5-9-18-10-15/h4-10,14H,11H2,1-3H3,(H,19,20). The number of carbonyl (C=O) groups excluding carboxylic acids is 1. The molecule has 2 aromatic rings. The largest absolute Gasteiger partial charge is 0.483 e. The number of aromatic nitrogens is 1. The number of hydrogen-bond acceptors (Lipinski definition) is 3. The van der Waals surface area contributed by atoms with Gasteiger partial charge in [0.15, 0.2) is 6.61 Å². The minimum absolute atomic E-state index is 0.0102. The van der Waals surface area contributed by atoms with E-state index in [4.69, 9.17) is 4.74 Å². The van der Waals surface area contributed by atoms with Crippen LogP contribution >= 0.6 is 0 Å². The zero-order valence-corrected chi connectivity index (χ0v) is 12.6. The fraction of sp³-hybridized carbons (Fsp3) is 0.294. The lowest BCUT2D eigenvalue weighted by molar-refractivity contribution is -0.123. The van der Waals surface area contributed by atoms with Gasteiger partial charge in [0.1, 0.15) is 5.75 Å². The predicted molar refractivity (Wildman–Crippen MR) is 82.2 cm³/mol. The van der Waals surface area contributed by atoms with Crippen molar-refractivity contribution in [3.05, 3.63) is 59.4 Å². The van der Waals surface area contributed by atoms with E-state index >= 15 is 0 Å². The molecule has 110 valence electrons. The maximum Gasteiger partial charge on any atom is 0.258 e. The van der Waals surface area contributed by atoms with Crippen LogP contribution in [0.4, 0.5) is 0 Å². The van der Waals surface area contributed by atoms with Gasteiger partial charge in [-0.1, -0.05) is 24.3 Å². The molecule has 2 rings (SSSR count). The minimum Gasteiger partial charge on any atom is -0.483 e. The summed E-state index contributed by atoms with van der Waals surface area (Å²) >= 11 is 0. The van der Waals surface area contributed by atoms with Gasteiger partial charge in [-0.2, -0.15) is 0 Å². The Morgan fingerprint density at radius 2 is 1.95 bits per heavy atom. The number of benzene rings is 1. The van der Waals surface area contributed by atoms with E-state index in [1.807, 2.05) is 51.1 Å². The van der Waals surface area contributed by atoms with Gasteiger partial charge in [-0.25, -0.2) is 0 Å². The van der Waals surface area contributed by atoms with Crippen LogP contribution in [0.1, 0.15) is 29.7 Å². The lowest BCUT2D eigenvalue weighted by atomic mass is 10.1. The number of rotatable bonds is 5. The number of nitrogens with zero attached hydrogens (tertiary/aromatic N) is 1. The number of ether oxygens (including phenoxy) is 1. The lowest BCUT2D eigenvalue weighted by Crippen LogP contribution is -2.31. The molecule has 0 aliphatic carbocycles. The molecule has 4 heteroatoms. The normalized spacial score (nSPS) is 11.8. The fourth-order valence-electron chi connectivity index (χ4n) is 2.16. The lowest BCUT2D eigenvalue weighted by Gasteiger charge is -2.15. The Morgan fingerprint density at radius 3 is 2.57 bits per heavy atom. The van der Waals surface area contributed by atoms with Crippen molar-refractivity contribution in [3.8, 4) is 5.75 Å². The highest BCUT2D eigenvalue weighted by Gasteiger charge is 2.11. The highest BCUT2D eigenvalue weighted by atomic mass is 16.5. The van der Waals surface area contributed by atoms with Crippen LogP contribution in [-0.2, 0) is 4.79 Å². The summed E-state index contributed by atoms with van der Waals surface area (Å²) in [5.41, 5.74) is 3.03. The molecule has 1 heterocycles. The smallest absolute Gasteiger partial charge is 0.258 e. The second-order valence-corrected chi connectivity index (χ2v) is 5.09. The van der Waals surface area contributed by atoms with Crippen molar-refractivity contribution >= 4 is 5.91 Å². The molecular formula is C17H20N2O2. The molecule has 0 bridgehead atoms. The molecule has 0 aliphatic rings. The van der Waals surface area contributed by atoms with Crippen LogP contribution in [0.3, 0.4) is 0 Å². The van der Waals surface area contributed by atoms with E-state index in [9.17, 15) is 4.79 Å². The number of aryl methyl sites for hydroxylation is 2. The second-order valence-electron chi connectivity index (χ2n) is 5.09. The van der Waals surface area contributed by atoms with Gasteiger partial charge in [0, 0.05) is 12.4 Å². The molecule has 1 amide bonds. The average molecular weight is 284 g/mol. The Hall–Kier alpha value is -2.36. The molecule has 1 aromatic carbocycles. The summed E-state index contributed by atoms with van der Waals surface area (Å²) < 4.78 is 5.64. The first-order valence-corrected chi connectivity index (χ1v) is 6.96. The van der Waals surface area contributed by atoms with Crippen LogP contribution in [0.25, 0.3) is 0 Å². The van der Waals surface area contributed by atoms with E-state index in [-0.39, 0.29) is 18.6 Å². The summed E-state index contributed by atoms with van der Waals surface area (Å²) in [5.74, 6) is 0.635. The van der Waals surface area contributed by atoms with Gasteiger partial charge >= 0.3 is 0 Å². The zero-order chi connectivity index (χ0) is 15.2. The van der Waals surface area contributed by atoms with E-state index in [1.165, 1.54) is 0 Å². The Bertz CT molecular complexity index is 591. The van der Waals surface area contributed by atoms with Gasteiger partial charge in [-0.05, 0) is 43.5 Å². The minimum atomic E-state index is -0.144. The van der Waals surface area contributed by atoms with E-state index < -0.39 is 0 Å². The van der Waals surface area contributed by atoms with Crippen molar-refractivity contribution in [2.45, 2.75) is 26.8 Å². The topological polar surface area (TPSA) is 51.2 Å². The molecule has 21 heavy (non-hydrogen) atoms. The molecule has 0 fully saturated rings. The van der Waals surface area contributed by atoms with E-state index in [0.717, 1.165) is 22.4 Å². The Morgan fingerprint density at radius 1 is 1.24 bits per heavy atom. The van der Waals surface area contributed by atoms with Crippen LogP contribution in [0.2, 0.25) is 0 Å². The highest BCUT2D eigenvalue weighted by Crippen LogP contribution is 2.22. The summed E-state index contributed by atoms with van der Waals surface area (Å²) in [6.45, 7) is 5.88. The summed E-state index contributed by atoms with van der Waals surface area (Å²) in [5, 5.41) is 2.90. The monoisotopic (exact) mass is 284 g/mol. The van der Waals surface area contributed by atoms with E-state index in [1.54, 1.807) is 12.4 Å². The van der Waals surface area contributed by atoms with Gasteiger partial charge < -0.3 is 10.1 Å². The molecule has 4 nitrogen and oxygen atoms in total. The van der Waals surface area contributed by atoms with Gasteiger partial charge in [0.2, 0.25) is 0 Å². The molecule has 0 saturated carbocycles. The number of nitrogens with one attached hydrogen (secondary N) is 1. The van der Waals surface area contributed by atoms with Crippen molar-refractivity contribution < 1.29 is 9.53 Å². The molecule has 0 aliphatic heterocycles. The number of carbonyl (C=O) groups is 1. The first-order chi connectivity index (χ1) is 10.1. The Balaban J connectivity index is 1.91. The first kappa shape index (κ1) is 15.0. The molecule has 1 unspecified atom stereocenters. The number of pyridine rings is 1. The quantitative estimate of drug-likeness (QED) is 0.918. The van der Waals surface area contributed by atoms with E-state index in [0.29, 0.717) is 0 Å². The van der Waals surface area contributed by atoms with Gasteiger partial charge in [-0.3, -0.25) is 9.78 Å². The molecule has 0 saturated heterocycles.